The molecule has 1 unspecified atom stereocenters. The molecule has 0 aliphatic rings. The molecule has 0 radical (unpaired) electrons. The van der Waals surface area contributed by atoms with Crippen LogP contribution in [0.1, 0.15) is 33.6 Å². The smallest absolute Gasteiger partial charge is 0.312 e. The molecule has 0 spiro atoms. The zero-order chi connectivity index (χ0) is 13.4. The molecule has 0 saturated heterocycles. The summed E-state index contributed by atoms with van der Waals surface area (Å²) in [4.78, 5) is 22.7. The Morgan fingerprint density at radius 3 is 2.24 bits per heavy atom. The van der Waals surface area contributed by atoms with Gasteiger partial charge in [0.15, 0.2) is 0 Å². The van der Waals surface area contributed by atoms with Crippen LogP contribution >= 0.6 is 0 Å². The fraction of sp³-hybridized carbons (Fsp3) is 0.818. The van der Waals surface area contributed by atoms with Gasteiger partial charge in [-0.2, -0.15) is 0 Å². The van der Waals surface area contributed by atoms with Crippen molar-refractivity contribution in [3.63, 3.8) is 0 Å². The number of aliphatic hydroxyl groups is 1. The van der Waals surface area contributed by atoms with Gasteiger partial charge in [-0.1, -0.05) is 20.8 Å². The molecule has 100 valence electrons. The molecule has 0 fully saturated rings. The van der Waals surface area contributed by atoms with E-state index in [1.165, 1.54) is 0 Å². The molecule has 6 heteroatoms. The van der Waals surface area contributed by atoms with E-state index in [4.69, 9.17) is 10.8 Å². The average molecular weight is 245 g/mol. The molecule has 0 aromatic heterocycles. The quantitative estimate of drug-likeness (QED) is 0.505. The second-order valence-electron chi connectivity index (χ2n) is 4.49. The first-order valence-corrected chi connectivity index (χ1v) is 5.87. The van der Waals surface area contributed by atoms with Crippen molar-refractivity contribution in [3.8, 4) is 0 Å². The first-order chi connectivity index (χ1) is 7.90. The van der Waals surface area contributed by atoms with Gasteiger partial charge in [-0.25, -0.2) is 4.79 Å². The third-order valence-electron chi connectivity index (χ3n) is 2.40. The highest BCUT2D eigenvalue weighted by atomic mass is 16.3. The lowest BCUT2D eigenvalue weighted by molar-refractivity contribution is -0.124. The minimum Gasteiger partial charge on any atom is -0.394 e. The van der Waals surface area contributed by atoms with Crippen LogP contribution < -0.4 is 16.4 Å². The van der Waals surface area contributed by atoms with Crippen LogP contribution in [-0.4, -0.2) is 35.7 Å². The Hall–Kier alpha value is -1.30. The minimum atomic E-state index is -0.720. The maximum atomic E-state index is 11.8. The van der Waals surface area contributed by atoms with E-state index in [-0.39, 0.29) is 24.5 Å². The Balaban J connectivity index is 4.45. The lowest BCUT2D eigenvalue weighted by atomic mass is 10.0. The van der Waals surface area contributed by atoms with Gasteiger partial charge in [0, 0.05) is 0 Å². The summed E-state index contributed by atoms with van der Waals surface area (Å²) >= 11 is 0. The predicted molar refractivity (Wildman–Crippen MR) is 65.3 cm³/mol. The largest absolute Gasteiger partial charge is 0.394 e. The summed E-state index contributed by atoms with van der Waals surface area (Å²) in [7, 11) is 0. The molecule has 0 bridgehead atoms. The highest BCUT2D eigenvalue weighted by molar-refractivity contribution is 5.86. The number of nitrogens with one attached hydrogen (secondary N) is 2. The third kappa shape index (κ3) is 6.78. The normalized spacial score (nSPS) is 14.2. The Morgan fingerprint density at radius 2 is 1.88 bits per heavy atom. The van der Waals surface area contributed by atoms with E-state index in [9.17, 15) is 9.59 Å². The SMILES string of the molecule is CC[C@H](CO)NC(=O)C(CC(C)C)NC(N)=O. The van der Waals surface area contributed by atoms with Crippen LogP contribution in [0.4, 0.5) is 4.79 Å². The Labute approximate surface area is 102 Å². The van der Waals surface area contributed by atoms with Gasteiger partial charge in [0.05, 0.1) is 12.6 Å². The van der Waals surface area contributed by atoms with Crippen molar-refractivity contribution >= 4 is 11.9 Å². The molecular weight excluding hydrogens is 222 g/mol. The first-order valence-electron chi connectivity index (χ1n) is 5.87. The summed E-state index contributed by atoms with van der Waals surface area (Å²) in [5.41, 5.74) is 5.02. The molecule has 0 aliphatic carbocycles. The molecular formula is C11H23N3O3. The Bertz CT molecular complexity index is 252. The summed E-state index contributed by atoms with van der Waals surface area (Å²) < 4.78 is 0. The molecule has 3 amide bonds. The van der Waals surface area contributed by atoms with Crippen molar-refractivity contribution in [2.45, 2.75) is 45.7 Å². The molecule has 0 rings (SSSR count). The first kappa shape index (κ1) is 15.7. The highest BCUT2D eigenvalue weighted by Crippen LogP contribution is 2.05. The number of carbonyl (C=O) groups is 2. The van der Waals surface area contributed by atoms with E-state index in [0.717, 1.165) is 0 Å². The van der Waals surface area contributed by atoms with Gasteiger partial charge in [-0.3, -0.25) is 4.79 Å². The van der Waals surface area contributed by atoms with Gasteiger partial charge in [0.25, 0.3) is 0 Å². The van der Waals surface area contributed by atoms with E-state index in [1.54, 1.807) is 0 Å². The molecule has 0 aromatic rings. The lowest BCUT2D eigenvalue weighted by Crippen LogP contribution is -2.52. The van der Waals surface area contributed by atoms with E-state index in [1.807, 2.05) is 20.8 Å². The number of amides is 3. The lowest BCUT2D eigenvalue weighted by Gasteiger charge is -2.22. The van der Waals surface area contributed by atoms with Crippen molar-refractivity contribution in [3.05, 3.63) is 0 Å². The van der Waals surface area contributed by atoms with E-state index >= 15 is 0 Å². The summed E-state index contributed by atoms with van der Waals surface area (Å²) in [5, 5.41) is 14.1. The maximum absolute atomic E-state index is 11.8. The van der Waals surface area contributed by atoms with Crippen molar-refractivity contribution in [1.82, 2.24) is 10.6 Å². The summed E-state index contributed by atoms with van der Waals surface area (Å²) in [5.74, 6) is -0.0507. The predicted octanol–water partition coefficient (Wildman–Crippen LogP) is -0.0435. The molecule has 2 atom stereocenters. The van der Waals surface area contributed by atoms with Gasteiger partial charge in [0.1, 0.15) is 6.04 Å². The monoisotopic (exact) mass is 245 g/mol. The summed E-state index contributed by atoms with van der Waals surface area (Å²) in [6, 6.07) is -1.65. The standard InChI is InChI=1S/C11H23N3O3/c1-4-8(6-15)13-10(16)9(5-7(2)3)14-11(12)17/h7-9,15H,4-6H2,1-3H3,(H,13,16)(H3,12,14,17)/t8-,9?/m1/s1. The van der Waals surface area contributed by atoms with Crippen LogP contribution in [0.25, 0.3) is 0 Å². The van der Waals surface area contributed by atoms with Crippen LogP contribution in [0, 0.1) is 5.92 Å². The van der Waals surface area contributed by atoms with Gasteiger partial charge < -0.3 is 21.5 Å². The van der Waals surface area contributed by atoms with Gasteiger partial charge in [-0.15, -0.1) is 0 Å². The molecule has 0 saturated carbocycles. The van der Waals surface area contributed by atoms with Crippen molar-refractivity contribution in [2.75, 3.05) is 6.61 Å². The van der Waals surface area contributed by atoms with Crippen LogP contribution in [0.5, 0.6) is 0 Å². The number of hydrogen-bond acceptors (Lipinski definition) is 3. The number of carbonyl (C=O) groups excluding carboxylic acids is 2. The number of urea groups is 1. The molecule has 6 nitrogen and oxygen atoms in total. The summed E-state index contributed by atoms with van der Waals surface area (Å²) in [6.07, 6.45) is 1.14. The molecule has 0 aliphatic heterocycles. The van der Waals surface area contributed by atoms with Crippen molar-refractivity contribution in [2.24, 2.45) is 11.7 Å². The topological polar surface area (TPSA) is 104 Å². The number of rotatable bonds is 7. The fourth-order valence-corrected chi connectivity index (χ4v) is 1.45. The highest BCUT2D eigenvalue weighted by Gasteiger charge is 2.22. The van der Waals surface area contributed by atoms with Crippen LogP contribution in [0.2, 0.25) is 0 Å². The van der Waals surface area contributed by atoms with Crippen LogP contribution in [0.3, 0.4) is 0 Å². The third-order valence-corrected chi connectivity index (χ3v) is 2.40. The van der Waals surface area contributed by atoms with E-state index in [0.29, 0.717) is 12.8 Å². The van der Waals surface area contributed by atoms with Crippen molar-refractivity contribution in [1.29, 1.82) is 0 Å². The molecule has 5 N–H and O–H groups in total. The number of primary amides is 1. The van der Waals surface area contributed by atoms with Gasteiger partial charge >= 0.3 is 6.03 Å². The van der Waals surface area contributed by atoms with Crippen LogP contribution in [-0.2, 0) is 4.79 Å². The zero-order valence-electron chi connectivity index (χ0n) is 10.7. The number of aliphatic hydroxyl groups excluding tert-OH is 1. The van der Waals surface area contributed by atoms with Gasteiger partial charge in [-0.05, 0) is 18.8 Å². The number of hydrogen-bond donors (Lipinski definition) is 4. The molecule has 17 heavy (non-hydrogen) atoms. The Morgan fingerprint density at radius 1 is 1.29 bits per heavy atom. The van der Waals surface area contributed by atoms with E-state index < -0.39 is 12.1 Å². The number of nitrogens with two attached hydrogens (primary N) is 1. The molecule has 0 heterocycles. The minimum absolute atomic E-state index is 0.118. The second kappa shape index (κ2) is 7.89. The zero-order valence-corrected chi connectivity index (χ0v) is 10.7. The van der Waals surface area contributed by atoms with Crippen LogP contribution in [0.15, 0.2) is 0 Å². The maximum Gasteiger partial charge on any atom is 0.312 e. The molecule has 0 aromatic carbocycles. The fourth-order valence-electron chi connectivity index (χ4n) is 1.45. The van der Waals surface area contributed by atoms with Gasteiger partial charge in [0.2, 0.25) is 5.91 Å². The average Bonchev–Trinajstić information content (AvgIpc) is 2.23. The van der Waals surface area contributed by atoms with E-state index in [2.05, 4.69) is 10.6 Å². The Kier molecular flexibility index (Phi) is 7.29. The van der Waals surface area contributed by atoms with Crippen molar-refractivity contribution < 1.29 is 14.7 Å². The second-order valence-corrected chi connectivity index (χ2v) is 4.49. The summed E-state index contributed by atoms with van der Waals surface area (Å²) in [6.45, 7) is 5.64.